The molecule has 3 atom stereocenters. The minimum atomic E-state index is 0.312. The quantitative estimate of drug-likeness (QED) is 0.833. The predicted octanol–water partition coefficient (Wildman–Crippen LogP) is 2.41. The average Bonchev–Trinajstić information content (AvgIpc) is 2.38. The van der Waals surface area contributed by atoms with Gasteiger partial charge in [-0.15, -0.1) is 0 Å². The summed E-state index contributed by atoms with van der Waals surface area (Å²) in [5, 5.41) is 3.32. The molecule has 1 saturated carbocycles. The van der Waals surface area contributed by atoms with E-state index in [1.54, 1.807) is 0 Å². The molecule has 3 heteroatoms. The van der Waals surface area contributed by atoms with Crippen molar-refractivity contribution in [2.45, 2.75) is 58.4 Å². The summed E-state index contributed by atoms with van der Waals surface area (Å²) in [6.45, 7) is 7.17. The summed E-state index contributed by atoms with van der Waals surface area (Å²) in [4.78, 5) is 14.4. The van der Waals surface area contributed by atoms with Crippen molar-refractivity contribution in [2.24, 2.45) is 11.8 Å². The third-order valence-electron chi connectivity index (χ3n) is 4.68. The van der Waals surface area contributed by atoms with Gasteiger partial charge in [-0.2, -0.15) is 0 Å². The molecule has 0 aromatic rings. The predicted molar refractivity (Wildman–Crippen MR) is 74.4 cm³/mol. The van der Waals surface area contributed by atoms with Gasteiger partial charge in [0.2, 0.25) is 5.91 Å². The molecule has 1 amide bonds. The van der Waals surface area contributed by atoms with Crippen molar-refractivity contribution in [3.8, 4) is 0 Å². The van der Waals surface area contributed by atoms with E-state index in [4.69, 9.17) is 0 Å². The van der Waals surface area contributed by atoms with Crippen molar-refractivity contribution in [3.05, 3.63) is 0 Å². The zero-order valence-corrected chi connectivity index (χ0v) is 12.0. The van der Waals surface area contributed by atoms with Crippen LogP contribution in [0, 0.1) is 11.8 Å². The summed E-state index contributed by atoms with van der Waals surface area (Å²) in [5.41, 5.74) is 0. The summed E-state index contributed by atoms with van der Waals surface area (Å²) in [6, 6.07) is 0.312. The molecule has 3 unspecified atom stereocenters. The van der Waals surface area contributed by atoms with Crippen LogP contribution in [0.25, 0.3) is 0 Å². The molecule has 2 aliphatic rings. The number of rotatable bonds is 4. The van der Waals surface area contributed by atoms with Crippen LogP contribution in [0.2, 0.25) is 0 Å². The molecule has 1 saturated heterocycles. The van der Waals surface area contributed by atoms with Gasteiger partial charge in [0, 0.05) is 25.6 Å². The lowest BCUT2D eigenvalue weighted by molar-refractivity contribution is -0.134. The molecule has 0 bridgehead atoms. The molecule has 2 fully saturated rings. The molecule has 0 spiro atoms. The Morgan fingerprint density at radius 3 is 2.72 bits per heavy atom. The second kappa shape index (κ2) is 6.55. The van der Waals surface area contributed by atoms with E-state index in [1.807, 2.05) is 0 Å². The fourth-order valence-electron chi connectivity index (χ4n) is 3.64. The van der Waals surface area contributed by atoms with Gasteiger partial charge in [-0.05, 0) is 38.1 Å². The first kappa shape index (κ1) is 13.9. The molecule has 3 nitrogen and oxygen atoms in total. The summed E-state index contributed by atoms with van der Waals surface area (Å²) < 4.78 is 0. The zero-order chi connectivity index (χ0) is 13.0. The Kier molecular flexibility index (Phi) is 5.04. The Balaban J connectivity index is 1.81. The molecule has 18 heavy (non-hydrogen) atoms. The Bertz CT molecular complexity index is 280. The minimum Gasteiger partial charge on any atom is -0.342 e. The lowest BCUT2D eigenvalue weighted by atomic mass is 9.75. The fraction of sp³-hybridized carbons (Fsp3) is 0.933. The van der Waals surface area contributed by atoms with Gasteiger partial charge < -0.3 is 10.2 Å². The standard InChI is InChI=1S/C15H28N2O/c1-3-16-12(2)10-15(18)17-9-8-13-6-4-5-7-14(13)11-17/h12-14,16H,3-11H2,1-2H3. The third-order valence-corrected chi connectivity index (χ3v) is 4.68. The van der Waals surface area contributed by atoms with E-state index in [0.717, 1.165) is 31.5 Å². The van der Waals surface area contributed by atoms with E-state index in [1.165, 1.54) is 32.1 Å². The van der Waals surface area contributed by atoms with E-state index in [9.17, 15) is 4.79 Å². The van der Waals surface area contributed by atoms with Crippen LogP contribution in [-0.4, -0.2) is 36.5 Å². The molecule has 1 heterocycles. The number of carbonyl (C=O) groups excluding carboxylic acids is 1. The number of nitrogens with one attached hydrogen (secondary N) is 1. The molecule has 2 rings (SSSR count). The maximum Gasteiger partial charge on any atom is 0.224 e. The highest BCUT2D eigenvalue weighted by atomic mass is 16.2. The van der Waals surface area contributed by atoms with Gasteiger partial charge in [-0.1, -0.05) is 26.2 Å². The second-order valence-electron chi connectivity index (χ2n) is 6.10. The highest BCUT2D eigenvalue weighted by Crippen LogP contribution is 2.36. The van der Waals surface area contributed by atoms with Crippen molar-refractivity contribution in [3.63, 3.8) is 0 Å². The van der Waals surface area contributed by atoms with Crippen molar-refractivity contribution < 1.29 is 4.79 Å². The molecule has 104 valence electrons. The van der Waals surface area contributed by atoms with Crippen LogP contribution in [0.15, 0.2) is 0 Å². The number of hydrogen-bond acceptors (Lipinski definition) is 2. The van der Waals surface area contributed by atoms with Crippen LogP contribution in [0.3, 0.4) is 0 Å². The van der Waals surface area contributed by atoms with Crippen LogP contribution in [0.5, 0.6) is 0 Å². The monoisotopic (exact) mass is 252 g/mol. The number of fused-ring (bicyclic) bond motifs is 1. The normalized spacial score (nSPS) is 29.8. The van der Waals surface area contributed by atoms with E-state index < -0.39 is 0 Å². The third kappa shape index (κ3) is 3.47. The van der Waals surface area contributed by atoms with Gasteiger partial charge in [0.15, 0.2) is 0 Å². The number of carbonyl (C=O) groups is 1. The zero-order valence-electron chi connectivity index (χ0n) is 12.0. The van der Waals surface area contributed by atoms with Crippen LogP contribution >= 0.6 is 0 Å². The number of amides is 1. The van der Waals surface area contributed by atoms with Crippen LogP contribution < -0.4 is 5.32 Å². The molecule has 1 aliphatic carbocycles. The van der Waals surface area contributed by atoms with Crippen molar-refractivity contribution in [2.75, 3.05) is 19.6 Å². The Hall–Kier alpha value is -0.570. The van der Waals surface area contributed by atoms with Crippen LogP contribution in [0.4, 0.5) is 0 Å². The Morgan fingerprint density at radius 1 is 1.28 bits per heavy atom. The first-order valence-electron chi connectivity index (χ1n) is 7.72. The topological polar surface area (TPSA) is 32.3 Å². The van der Waals surface area contributed by atoms with E-state index in [-0.39, 0.29) is 0 Å². The first-order chi connectivity index (χ1) is 8.70. The van der Waals surface area contributed by atoms with E-state index >= 15 is 0 Å². The maximum atomic E-state index is 12.2. The molecular formula is C15H28N2O. The van der Waals surface area contributed by atoms with Crippen molar-refractivity contribution in [1.82, 2.24) is 10.2 Å². The number of hydrogen-bond donors (Lipinski definition) is 1. The van der Waals surface area contributed by atoms with Gasteiger partial charge >= 0.3 is 0 Å². The molecule has 0 aromatic heterocycles. The van der Waals surface area contributed by atoms with Gasteiger partial charge in [-0.25, -0.2) is 0 Å². The maximum absolute atomic E-state index is 12.2. The molecule has 0 radical (unpaired) electrons. The number of nitrogens with zero attached hydrogens (tertiary/aromatic N) is 1. The lowest BCUT2D eigenvalue weighted by Gasteiger charge is -2.41. The Morgan fingerprint density at radius 2 is 2.00 bits per heavy atom. The van der Waals surface area contributed by atoms with Crippen LogP contribution in [-0.2, 0) is 4.79 Å². The SMILES string of the molecule is CCNC(C)CC(=O)N1CCC2CCCCC2C1. The highest BCUT2D eigenvalue weighted by Gasteiger charge is 2.32. The molecule has 0 aromatic carbocycles. The van der Waals surface area contributed by atoms with E-state index in [0.29, 0.717) is 18.4 Å². The average molecular weight is 252 g/mol. The van der Waals surface area contributed by atoms with Gasteiger partial charge in [0.25, 0.3) is 0 Å². The highest BCUT2D eigenvalue weighted by molar-refractivity contribution is 5.76. The molecule has 1 aliphatic heterocycles. The fourth-order valence-corrected chi connectivity index (χ4v) is 3.64. The largest absolute Gasteiger partial charge is 0.342 e. The smallest absolute Gasteiger partial charge is 0.224 e. The Labute approximate surface area is 111 Å². The van der Waals surface area contributed by atoms with Gasteiger partial charge in [-0.3, -0.25) is 4.79 Å². The molecule has 1 N–H and O–H groups in total. The van der Waals surface area contributed by atoms with Gasteiger partial charge in [0.1, 0.15) is 0 Å². The number of piperidine rings is 1. The minimum absolute atomic E-state index is 0.312. The summed E-state index contributed by atoms with van der Waals surface area (Å²) in [5.74, 6) is 2.06. The van der Waals surface area contributed by atoms with E-state index in [2.05, 4.69) is 24.1 Å². The first-order valence-corrected chi connectivity index (χ1v) is 7.72. The van der Waals surface area contributed by atoms with Crippen LogP contribution in [0.1, 0.15) is 52.4 Å². The second-order valence-corrected chi connectivity index (χ2v) is 6.10. The molecular weight excluding hydrogens is 224 g/mol. The van der Waals surface area contributed by atoms with Crippen molar-refractivity contribution in [1.29, 1.82) is 0 Å². The van der Waals surface area contributed by atoms with Crippen molar-refractivity contribution >= 4 is 5.91 Å². The number of likely N-dealkylation sites (tertiary alicyclic amines) is 1. The summed E-state index contributed by atoms with van der Waals surface area (Å²) >= 11 is 0. The lowest BCUT2D eigenvalue weighted by Crippen LogP contribution is -2.46. The summed E-state index contributed by atoms with van der Waals surface area (Å²) in [6.07, 6.45) is 7.43. The van der Waals surface area contributed by atoms with Gasteiger partial charge in [0.05, 0.1) is 0 Å². The summed E-state index contributed by atoms with van der Waals surface area (Å²) in [7, 11) is 0.